The van der Waals surface area contributed by atoms with E-state index in [0.29, 0.717) is 6.04 Å². The predicted molar refractivity (Wildman–Crippen MR) is 83.9 cm³/mol. The first-order chi connectivity index (χ1) is 9.81. The van der Waals surface area contributed by atoms with Gasteiger partial charge in [-0.1, -0.05) is 31.2 Å². The van der Waals surface area contributed by atoms with Gasteiger partial charge in [0, 0.05) is 6.04 Å². The molecule has 2 fully saturated rings. The summed E-state index contributed by atoms with van der Waals surface area (Å²) in [6.07, 6.45) is 9.49. The number of nitrogens with one attached hydrogen (secondary N) is 1. The van der Waals surface area contributed by atoms with Gasteiger partial charge in [0.25, 0.3) is 0 Å². The average Bonchev–Trinajstić information content (AvgIpc) is 3.14. The first-order valence-corrected chi connectivity index (χ1v) is 9.13. The first-order valence-electron chi connectivity index (χ1n) is 8.36. The molecular weight excluding hydrogens is 266 g/mol. The molecule has 1 N–H and O–H groups in total. The van der Waals surface area contributed by atoms with E-state index in [1.807, 2.05) is 0 Å². The minimum absolute atomic E-state index is 0.492. The number of hydrogen-bond donors (Lipinski definition) is 1. The van der Waals surface area contributed by atoms with Crippen LogP contribution in [0.2, 0.25) is 0 Å². The molecule has 3 rings (SSSR count). The zero-order chi connectivity index (χ0) is 13.9. The van der Waals surface area contributed by atoms with Crippen LogP contribution in [-0.2, 0) is 6.42 Å². The molecule has 1 heterocycles. The van der Waals surface area contributed by atoms with Gasteiger partial charge in [-0.15, -0.1) is 5.10 Å². The second kappa shape index (κ2) is 6.52. The van der Waals surface area contributed by atoms with Crippen LogP contribution in [0.3, 0.4) is 0 Å². The van der Waals surface area contributed by atoms with Crippen molar-refractivity contribution in [3.05, 3.63) is 10.6 Å². The van der Waals surface area contributed by atoms with E-state index in [4.69, 9.17) is 0 Å². The van der Waals surface area contributed by atoms with E-state index in [0.717, 1.165) is 37.1 Å². The Bertz CT molecular complexity index is 431. The largest absolute Gasteiger partial charge is 0.309 e. The topological polar surface area (TPSA) is 37.8 Å². The van der Waals surface area contributed by atoms with Crippen molar-refractivity contribution in [2.75, 3.05) is 6.54 Å². The Balaban J connectivity index is 1.70. The molecule has 112 valence electrons. The minimum atomic E-state index is 0.492. The average molecular weight is 293 g/mol. The van der Waals surface area contributed by atoms with Crippen LogP contribution in [0.15, 0.2) is 0 Å². The van der Waals surface area contributed by atoms with Crippen molar-refractivity contribution in [2.45, 2.75) is 64.8 Å². The van der Waals surface area contributed by atoms with Gasteiger partial charge in [-0.3, -0.25) is 0 Å². The Morgan fingerprint density at radius 1 is 1.30 bits per heavy atom. The molecule has 3 nitrogen and oxygen atoms in total. The van der Waals surface area contributed by atoms with Crippen LogP contribution in [0.25, 0.3) is 0 Å². The highest BCUT2D eigenvalue weighted by Gasteiger charge is 2.40. The Hall–Kier alpha value is -0.480. The van der Waals surface area contributed by atoms with E-state index >= 15 is 0 Å². The Morgan fingerprint density at radius 3 is 2.85 bits per heavy atom. The lowest BCUT2D eigenvalue weighted by Gasteiger charge is -2.26. The van der Waals surface area contributed by atoms with Gasteiger partial charge in [-0.25, -0.2) is 0 Å². The van der Waals surface area contributed by atoms with Crippen LogP contribution in [0.1, 0.15) is 69.0 Å². The van der Waals surface area contributed by atoms with Crippen LogP contribution < -0.4 is 5.32 Å². The van der Waals surface area contributed by atoms with E-state index < -0.39 is 0 Å². The molecule has 0 amide bonds. The molecule has 0 saturated heterocycles. The van der Waals surface area contributed by atoms with Gasteiger partial charge in [0.2, 0.25) is 0 Å². The third-order valence-electron chi connectivity index (χ3n) is 5.26. The monoisotopic (exact) mass is 293 g/mol. The number of fused-ring (bicyclic) bond motifs is 2. The molecule has 2 aliphatic rings. The SMILES string of the molecule is CCCc1nnsc1C(CC1CC2CCC1C2)NCC. The third-order valence-corrected chi connectivity index (χ3v) is 6.14. The molecule has 0 aliphatic heterocycles. The van der Waals surface area contributed by atoms with Crippen molar-refractivity contribution in [1.29, 1.82) is 0 Å². The molecule has 2 saturated carbocycles. The lowest BCUT2D eigenvalue weighted by Crippen LogP contribution is -2.25. The van der Waals surface area contributed by atoms with Gasteiger partial charge < -0.3 is 5.32 Å². The zero-order valence-corrected chi connectivity index (χ0v) is 13.6. The minimum Gasteiger partial charge on any atom is -0.309 e. The summed E-state index contributed by atoms with van der Waals surface area (Å²) in [5, 5.41) is 8.06. The number of hydrogen-bond acceptors (Lipinski definition) is 4. The fraction of sp³-hybridized carbons (Fsp3) is 0.875. The quantitative estimate of drug-likeness (QED) is 0.826. The van der Waals surface area contributed by atoms with Crippen molar-refractivity contribution >= 4 is 11.5 Å². The summed E-state index contributed by atoms with van der Waals surface area (Å²) in [7, 11) is 0. The Morgan fingerprint density at radius 2 is 2.20 bits per heavy atom. The van der Waals surface area contributed by atoms with Crippen molar-refractivity contribution < 1.29 is 0 Å². The molecular formula is C16H27N3S. The summed E-state index contributed by atoms with van der Waals surface area (Å²) in [5.41, 5.74) is 1.24. The number of nitrogens with zero attached hydrogens (tertiary/aromatic N) is 2. The van der Waals surface area contributed by atoms with E-state index in [-0.39, 0.29) is 0 Å². The molecule has 4 atom stereocenters. The maximum absolute atomic E-state index is 4.36. The lowest BCUT2D eigenvalue weighted by molar-refractivity contribution is 0.281. The van der Waals surface area contributed by atoms with E-state index in [1.165, 1.54) is 42.7 Å². The molecule has 1 aromatic heterocycles. The molecule has 4 unspecified atom stereocenters. The molecule has 1 aromatic rings. The highest BCUT2D eigenvalue weighted by atomic mass is 32.1. The summed E-state index contributed by atoms with van der Waals surface area (Å²) in [4.78, 5) is 1.41. The number of aryl methyl sites for hydroxylation is 1. The Labute approximate surface area is 126 Å². The maximum Gasteiger partial charge on any atom is 0.0803 e. The van der Waals surface area contributed by atoms with Gasteiger partial charge in [-0.05, 0) is 67.9 Å². The summed E-state index contributed by atoms with van der Waals surface area (Å²) in [6, 6.07) is 0.492. The van der Waals surface area contributed by atoms with E-state index in [1.54, 1.807) is 11.5 Å². The summed E-state index contributed by atoms with van der Waals surface area (Å²) < 4.78 is 4.22. The van der Waals surface area contributed by atoms with Gasteiger partial charge in [-0.2, -0.15) is 0 Å². The van der Waals surface area contributed by atoms with Gasteiger partial charge in [0.1, 0.15) is 0 Å². The highest BCUT2D eigenvalue weighted by molar-refractivity contribution is 7.05. The molecule has 0 aromatic carbocycles. The molecule has 2 aliphatic carbocycles. The van der Waals surface area contributed by atoms with E-state index in [2.05, 4.69) is 28.8 Å². The molecule has 20 heavy (non-hydrogen) atoms. The van der Waals surface area contributed by atoms with E-state index in [9.17, 15) is 0 Å². The number of aromatic nitrogens is 2. The standard InChI is InChI=1S/C16H27N3S/c1-3-5-14-16(20-19-18-14)15(17-4-2)10-13-9-11-6-7-12(13)8-11/h11-13,15,17H,3-10H2,1-2H3. The normalized spacial score (nSPS) is 30.0. The van der Waals surface area contributed by atoms with Gasteiger partial charge >= 0.3 is 0 Å². The molecule has 2 bridgehead atoms. The fourth-order valence-electron chi connectivity index (χ4n) is 4.39. The number of rotatable bonds is 7. The van der Waals surface area contributed by atoms with Crippen LogP contribution in [0, 0.1) is 17.8 Å². The van der Waals surface area contributed by atoms with Crippen molar-refractivity contribution in [2.24, 2.45) is 17.8 Å². The smallest absolute Gasteiger partial charge is 0.0803 e. The molecule has 4 heteroatoms. The van der Waals surface area contributed by atoms with Crippen molar-refractivity contribution in [3.63, 3.8) is 0 Å². The van der Waals surface area contributed by atoms with Crippen LogP contribution in [-0.4, -0.2) is 16.1 Å². The highest BCUT2D eigenvalue weighted by Crippen LogP contribution is 2.51. The maximum atomic E-state index is 4.36. The summed E-state index contributed by atoms with van der Waals surface area (Å²) in [5.74, 6) is 2.99. The summed E-state index contributed by atoms with van der Waals surface area (Å²) in [6.45, 7) is 5.47. The van der Waals surface area contributed by atoms with Crippen LogP contribution in [0.5, 0.6) is 0 Å². The zero-order valence-electron chi connectivity index (χ0n) is 12.8. The van der Waals surface area contributed by atoms with Crippen molar-refractivity contribution in [3.8, 4) is 0 Å². The second-order valence-corrected chi connectivity index (χ2v) is 7.40. The first kappa shape index (κ1) is 14.5. The van der Waals surface area contributed by atoms with Crippen molar-refractivity contribution in [1.82, 2.24) is 14.9 Å². The van der Waals surface area contributed by atoms with Gasteiger partial charge in [0.05, 0.1) is 10.6 Å². The molecule has 0 radical (unpaired) electrons. The predicted octanol–water partition coefficient (Wildman–Crippen LogP) is 3.97. The molecule has 0 spiro atoms. The summed E-state index contributed by atoms with van der Waals surface area (Å²) >= 11 is 1.62. The fourth-order valence-corrected chi connectivity index (χ4v) is 5.17. The van der Waals surface area contributed by atoms with Gasteiger partial charge in [0.15, 0.2) is 0 Å². The Kier molecular flexibility index (Phi) is 4.72. The third kappa shape index (κ3) is 2.91. The lowest BCUT2D eigenvalue weighted by atomic mass is 9.83. The van der Waals surface area contributed by atoms with Crippen LogP contribution >= 0.6 is 11.5 Å². The second-order valence-electron chi connectivity index (χ2n) is 6.61. The van der Waals surface area contributed by atoms with Crippen LogP contribution in [0.4, 0.5) is 0 Å².